The van der Waals surface area contributed by atoms with E-state index < -0.39 is 0 Å². The summed E-state index contributed by atoms with van der Waals surface area (Å²) in [4.78, 5) is 24.7. The lowest BCUT2D eigenvalue weighted by Crippen LogP contribution is -2.24. The molecule has 0 saturated heterocycles. The van der Waals surface area contributed by atoms with Crippen LogP contribution in [0.2, 0.25) is 0 Å². The number of thiol groups is 1. The second-order valence-electron chi connectivity index (χ2n) is 7.54. The van der Waals surface area contributed by atoms with Gasteiger partial charge in [0.05, 0.1) is 5.56 Å². The van der Waals surface area contributed by atoms with Crippen LogP contribution in [-0.2, 0) is 4.79 Å². The molecular formula is C24H34N2O2S. The fourth-order valence-electron chi connectivity index (χ4n) is 3.36. The third kappa shape index (κ3) is 9.84. The number of unbranched alkanes of at least 4 members (excludes halogenated alkanes) is 7. The Kier molecular flexibility index (Phi) is 11.3. The minimum atomic E-state index is -0.0459. The van der Waals surface area contributed by atoms with E-state index in [1.807, 2.05) is 24.3 Å². The number of allylic oxidation sites excluding steroid dienone is 3. The predicted octanol–water partition coefficient (Wildman–Crippen LogP) is 5.57. The number of carbonyl (C=O) groups excluding carboxylic acids is 2. The van der Waals surface area contributed by atoms with Gasteiger partial charge in [-0.3, -0.25) is 9.59 Å². The molecule has 158 valence electrons. The molecule has 29 heavy (non-hydrogen) atoms. The van der Waals surface area contributed by atoms with Crippen molar-refractivity contribution in [2.75, 3.05) is 6.54 Å². The van der Waals surface area contributed by atoms with E-state index in [2.05, 4.69) is 35.4 Å². The van der Waals surface area contributed by atoms with E-state index in [0.29, 0.717) is 23.4 Å². The predicted molar refractivity (Wildman–Crippen MR) is 122 cm³/mol. The van der Waals surface area contributed by atoms with Crippen molar-refractivity contribution in [3.8, 4) is 0 Å². The molecule has 1 aromatic rings. The molecule has 2 amide bonds. The minimum Gasteiger partial charge on any atom is -0.352 e. The van der Waals surface area contributed by atoms with Crippen LogP contribution >= 0.6 is 12.6 Å². The second-order valence-corrected chi connectivity index (χ2v) is 8.02. The monoisotopic (exact) mass is 414 g/mol. The van der Waals surface area contributed by atoms with Gasteiger partial charge >= 0.3 is 0 Å². The Labute approximate surface area is 180 Å². The van der Waals surface area contributed by atoms with Crippen LogP contribution in [-0.4, -0.2) is 18.4 Å². The van der Waals surface area contributed by atoms with E-state index in [1.54, 1.807) is 6.07 Å². The highest BCUT2D eigenvalue weighted by Gasteiger charge is 2.07. The van der Waals surface area contributed by atoms with Gasteiger partial charge in [-0.15, -0.1) is 12.6 Å². The van der Waals surface area contributed by atoms with Gasteiger partial charge in [0.25, 0.3) is 5.91 Å². The molecule has 0 fully saturated rings. The zero-order valence-corrected chi connectivity index (χ0v) is 18.2. The second kappa shape index (κ2) is 14.0. The highest BCUT2D eigenvalue weighted by atomic mass is 32.1. The van der Waals surface area contributed by atoms with E-state index in [9.17, 15) is 9.59 Å². The molecule has 0 unspecified atom stereocenters. The van der Waals surface area contributed by atoms with Crippen LogP contribution in [0.5, 0.6) is 0 Å². The smallest absolute Gasteiger partial charge is 0.252 e. The summed E-state index contributed by atoms with van der Waals surface area (Å²) < 4.78 is 0. The van der Waals surface area contributed by atoms with Crippen molar-refractivity contribution in [2.45, 2.75) is 75.5 Å². The summed E-state index contributed by atoms with van der Waals surface area (Å²) in [6.07, 6.45) is 17.9. The highest BCUT2D eigenvalue weighted by Crippen LogP contribution is 2.13. The maximum absolute atomic E-state index is 12.1. The number of hydrogen-bond donors (Lipinski definition) is 3. The van der Waals surface area contributed by atoms with Gasteiger partial charge in [-0.2, -0.15) is 0 Å². The fraction of sp³-hybridized carbons (Fsp3) is 0.500. The number of nitrogens with one attached hydrogen (secondary N) is 2. The van der Waals surface area contributed by atoms with Crippen molar-refractivity contribution >= 4 is 24.4 Å². The van der Waals surface area contributed by atoms with Crippen molar-refractivity contribution in [3.05, 3.63) is 53.8 Å². The van der Waals surface area contributed by atoms with Crippen molar-refractivity contribution in [3.63, 3.8) is 0 Å². The summed E-state index contributed by atoms with van der Waals surface area (Å²) in [6, 6.07) is 7.36. The Morgan fingerprint density at radius 3 is 2.28 bits per heavy atom. The average Bonchev–Trinajstić information content (AvgIpc) is 2.73. The Morgan fingerprint density at radius 1 is 0.897 bits per heavy atom. The van der Waals surface area contributed by atoms with Crippen molar-refractivity contribution in [2.24, 2.45) is 0 Å². The SMILES string of the molecule is O=C(CCCCCCCCCCNC(=O)c1ccccc1S)NC1=CCCC=C1. The molecule has 0 radical (unpaired) electrons. The molecule has 0 saturated carbocycles. The Morgan fingerprint density at radius 2 is 1.59 bits per heavy atom. The third-order valence-electron chi connectivity index (χ3n) is 5.04. The van der Waals surface area contributed by atoms with Crippen molar-refractivity contribution in [1.29, 1.82) is 0 Å². The summed E-state index contributed by atoms with van der Waals surface area (Å²) in [5.41, 5.74) is 1.59. The molecule has 0 aliphatic heterocycles. The maximum Gasteiger partial charge on any atom is 0.252 e. The molecule has 1 aliphatic carbocycles. The van der Waals surface area contributed by atoms with Gasteiger partial charge in [-0.05, 0) is 43.9 Å². The van der Waals surface area contributed by atoms with E-state index in [-0.39, 0.29) is 11.8 Å². The van der Waals surface area contributed by atoms with Crippen LogP contribution in [0.1, 0.15) is 81.0 Å². The first-order valence-corrected chi connectivity index (χ1v) is 11.3. The lowest BCUT2D eigenvalue weighted by Gasteiger charge is -2.09. The Hall–Kier alpha value is -2.01. The van der Waals surface area contributed by atoms with Crippen LogP contribution in [0.3, 0.4) is 0 Å². The quantitative estimate of drug-likeness (QED) is 0.292. The van der Waals surface area contributed by atoms with E-state index >= 15 is 0 Å². The number of carbonyl (C=O) groups is 2. The average molecular weight is 415 g/mol. The summed E-state index contributed by atoms with van der Waals surface area (Å²) in [5.74, 6) is 0.0841. The first-order chi connectivity index (χ1) is 14.2. The summed E-state index contributed by atoms with van der Waals surface area (Å²) in [7, 11) is 0. The Balaban J connectivity index is 1.38. The number of rotatable bonds is 13. The zero-order chi connectivity index (χ0) is 20.7. The van der Waals surface area contributed by atoms with Crippen LogP contribution in [0.25, 0.3) is 0 Å². The molecule has 2 N–H and O–H groups in total. The van der Waals surface area contributed by atoms with Crippen molar-refractivity contribution in [1.82, 2.24) is 10.6 Å². The minimum absolute atomic E-state index is 0.0459. The largest absolute Gasteiger partial charge is 0.352 e. The van der Waals surface area contributed by atoms with Crippen LogP contribution in [0, 0.1) is 0 Å². The lowest BCUT2D eigenvalue weighted by atomic mass is 10.1. The molecule has 2 rings (SSSR count). The fourth-order valence-corrected chi connectivity index (χ4v) is 3.63. The van der Waals surface area contributed by atoms with Crippen LogP contribution in [0.15, 0.2) is 53.1 Å². The van der Waals surface area contributed by atoms with Crippen molar-refractivity contribution < 1.29 is 9.59 Å². The standard InChI is InChI=1S/C24H34N2O2S/c27-23(26-20-14-8-7-9-15-20)18-10-5-3-1-2-4-6-13-19-25-24(28)21-16-11-12-17-22(21)29/h8,11-12,14-17,29H,1-7,9-10,13,18-19H2,(H,25,28)(H,26,27). The zero-order valence-electron chi connectivity index (χ0n) is 17.3. The van der Waals surface area contributed by atoms with Gasteiger partial charge < -0.3 is 10.6 Å². The molecule has 1 aliphatic rings. The van der Waals surface area contributed by atoms with Gasteiger partial charge in [0.1, 0.15) is 0 Å². The van der Waals surface area contributed by atoms with Crippen LogP contribution in [0.4, 0.5) is 0 Å². The molecule has 1 aromatic carbocycles. The third-order valence-corrected chi connectivity index (χ3v) is 5.43. The Bertz CT molecular complexity index is 713. The van der Waals surface area contributed by atoms with Gasteiger partial charge in [0.15, 0.2) is 0 Å². The van der Waals surface area contributed by atoms with E-state index in [1.165, 1.54) is 25.7 Å². The lowest BCUT2D eigenvalue weighted by molar-refractivity contribution is -0.120. The topological polar surface area (TPSA) is 58.2 Å². The highest BCUT2D eigenvalue weighted by molar-refractivity contribution is 7.80. The van der Waals surface area contributed by atoms with Gasteiger partial charge in [-0.1, -0.05) is 62.8 Å². The van der Waals surface area contributed by atoms with E-state index in [0.717, 1.165) is 44.2 Å². The molecule has 0 spiro atoms. The first-order valence-electron chi connectivity index (χ1n) is 10.9. The first kappa shape index (κ1) is 23.3. The summed E-state index contributed by atoms with van der Waals surface area (Å²) >= 11 is 4.32. The summed E-state index contributed by atoms with van der Waals surface area (Å²) in [5, 5.41) is 5.94. The normalized spacial score (nSPS) is 13.1. The molecule has 4 nitrogen and oxygen atoms in total. The van der Waals surface area contributed by atoms with Crippen LogP contribution < -0.4 is 10.6 Å². The summed E-state index contributed by atoms with van der Waals surface area (Å²) in [6.45, 7) is 0.710. The molecule has 0 bridgehead atoms. The molecular weight excluding hydrogens is 380 g/mol. The molecule has 0 heterocycles. The number of amides is 2. The molecule has 5 heteroatoms. The maximum atomic E-state index is 12.1. The molecule has 0 atom stereocenters. The van der Waals surface area contributed by atoms with Gasteiger partial charge in [-0.25, -0.2) is 0 Å². The van der Waals surface area contributed by atoms with Gasteiger partial charge in [0.2, 0.25) is 5.91 Å². The van der Waals surface area contributed by atoms with Gasteiger partial charge in [0, 0.05) is 23.6 Å². The van der Waals surface area contributed by atoms with E-state index in [4.69, 9.17) is 0 Å². The number of benzene rings is 1. The molecule has 0 aromatic heterocycles. The number of hydrogen-bond acceptors (Lipinski definition) is 3.